The van der Waals surface area contributed by atoms with Crippen molar-refractivity contribution < 1.29 is 14.7 Å². The molecule has 0 aromatic carbocycles. The van der Waals surface area contributed by atoms with Crippen molar-refractivity contribution in [2.24, 2.45) is 5.41 Å². The molecule has 0 aromatic rings. The van der Waals surface area contributed by atoms with E-state index in [1.54, 1.807) is 27.7 Å². The van der Waals surface area contributed by atoms with Gasteiger partial charge in [0.15, 0.2) is 0 Å². The van der Waals surface area contributed by atoms with Gasteiger partial charge >= 0.3 is 12.0 Å². The minimum absolute atomic E-state index is 0.149. The Labute approximate surface area is 128 Å². The van der Waals surface area contributed by atoms with Gasteiger partial charge in [0.1, 0.15) is 0 Å². The largest absolute Gasteiger partial charge is 0.481 e. The zero-order chi connectivity index (χ0) is 16.3. The van der Waals surface area contributed by atoms with Crippen LogP contribution < -0.4 is 5.32 Å². The lowest BCUT2D eigenvalue weighted by molar-refractivity contribution is -0.150. The molecule has 5 heteroatoms. The molecular weight excluding hydrogens is 268 g/mol. The summed E-state index contributed by atoms with van der Waals surface area (Å²) in [6, 6.07) is 0.135. The minimum Gasteiger partial charge on any atom is -0.481 e. The molecule has 1 aliphatic carbocycles. The van der Waals surface area contributed by atoms with Gasteiger partial charge in [-0.1, -0.05) is 19.3 Å². The fraction of sp³-hybridized carbons (Fsp3) is 0.875. The third-order valence-electron chi connectivity index (χ3n) is 5.13. The molecule has 1 fully saturated rings. The van der Waals surface area contributed by atoms with Crippen LogP contribution in [0.5, 0.6) is 0 Å². The van der Waals surface area contributed by atoms with Crippen LogP contribution in [0.3, 0.4) is 0 Å². The smallest absolute Gasteiger partial charge is 0.318 e. The van der Waals surface area contributed by atoms with E-state index < -0.39 is 16.9 Å². The number of aliphatic carboxylic acids is 1. The molecule has 1 saturated carbocycles. The van der Waals surface area contributed by atoms with E-state index in [-0.39, 0.29) is 12.1 Å². The maximum absolute atomic E-state index is 12.6. The van der Waals surface area contributed by atoms with Crippen molar-refractivity contribution >= 4 is 12.0 Å². The first-order valence-corrected chi connectivity index (χ1v) is 7.95. The van der Waals surface area contributed by atoms with E-state index in [4.69, 9.17) is 0 Å². The monoisotopic (exact) mass is 298 g/mol. The summed E-state index contributed by atoms with van der Waals surface area (Å²) in [4.78, 5) is 25.9. The summed E-state index contributed by atoms with van der Waals surface area (Å²) >= 11 is 0. The molecule has 1 rings (SSSR count). The van der Waals surface area contributed by atoms with Crippen molar-refractivity contribution in [3.8, 4) is 0 Å². The summed E-state index contributed by atoms with van der Waals surface area (Å²) in [6.07, 6.45) is 5.66. The highest BCUT2D eigenvalue weighted by molar-refractivity contribution is 5.80. The average molecular weight is 298 g/mol. The molecule has 0 aliphatic heterocycles. The first kappa shape index (κ1) is 17.8. The Morgan fingerprint density at radius 3 is 2.10 bits per heavy atom. The van der Waals surface area contributed by atoms with Gasteiger partial charge in [-0.05, 0) is 47.5 Å². The Morgan fingerprint density at radius 2 is 1.67 bits per heavy atom. The van der Waals surface area contributed by atoms with Crippen LogP contribution in [0.15, 0.2) is 0 Å². The summed E-state index contributed by atoms with van der Waals surface area (Å²) in [7, 11) is 0. The van der Waals surface area contributed by atoms with E-state index in [9.17, 15) is 14.7 Å². The van der Waals surface area contributed by atoms with Crippen LogP contribution in [0.1, 0.15) is 66.7 Å². The number of urea groups is 1. The highest BCUT2D eigenvalue weighted by Crippen LogP contribution is 2.31. The van der Waals surface area contributed by atoms with E-state index >= 15 is 0 Å². The summed E-state index contributed by atoms with van der Waals surface area (Å²) < 4.78 is 0. The van der Waals surface area contributed by atoms with Crippen LogP contribution in [-0.2, 0) is 4.79 Å². The number of carboxylic acids is 1. The molecule has 2 N–H and O–H groups in total. The van der Waals surface area contributed by atoms with Gasteiger partial charge in [0.25, 0.3) is 0 Å². The number of hydrogen-bond donors (Lipinski definition) is 2. The molecule has 0 bridgehead atoms. The Balaban J connectivity index is 2.79. The average Bonchev–Trinajstić information content (AvgIpc) is 2.39. The molecule has 21 heavy (non-hydrogen) atoms. The number of hydrogen-bond acceptors (Lipinski definition) is 2. The number of carboxylic acid groups (broad SMARTS) is 1. The highest BCUT2D eigenvalue weighted by atomic mass is 16.4. The Kier molecular flexibility index (Phi) is 5.65. The van der Waals surface area contributed by atoms with Crippen molar-refractivity contribution in [3.63, 3.8) is 0 Å². The molecule has 0 aromatic heterocycles. The second-order valence-electron chi connectivity index (χ2n) is 7.06. The molecule has 0 saturated heterocycles. The van der Waals surface area contributed by atoms with Crippen LogP contribution in [0, 0.1) is 5.41 Å². The molecular formula is C16H30N2O3. The molecule has 122 valence electrons. The van der Waals surface area contributed by atoms with Gasteiger partial charge < -0.3 is 15.3 Å². The van der Waals surface area contributed by atoms with Gasteiger partial charge in [-0.3, -0.25) is 4.79 Å². The topological polar surface area (TPSA) is 69.6 Å². The lowest BCUT2D eigenvalue weighted by Crippen LogP contribution is -2.60. The molecule has 0 spiro atoms. The Morgan fingerprint density at radius 1 is 1.14 bits per heavy atom. The number of carbonyl (C=O) groups is 2. The molecule has 0 radical (unpaired) electrons. The number of amides is 2. The summed E-state index contributed by atoms with van der Waals surface area (Å²) in [5.74, 6) is -0.909. The van der Waals surface area contributed by atoms with Gasteiger partial charge in [-0.2, -0.15) is 0 Å². The van der Waals surface area contributed by atoms with Crippen LogP contribution in [0.4, 0.5) is 4.79 Å². The molecule has 2 amide bonds. The molecule has 5 nitrogen and oxygen atoms in total. The van der Waals surface area contributed by atoms with E-state index in [2.05, 4.69) is 5.32 Å². The second kappa shape index (κ2) is 6.67. The standard InChI is InChI=1S/C16H30N2O3/c1-6-18(12-10-8-7-9-11-12)14(21)17-16(4,5)15(2,3)13(19)20/h12H,6-11H2,1-5H3,(H,17,21)(H,19,20). The molecule has 0 atom stereocenters. The van der Waals surface area contributed by atoms with Crippen LogP contribution in [0.25, 0.3) is 0 Å². The number of nitrogens with zero attached hydrogens (tertiary/aromatic N) is 1. The summed E-state index contributed by atoms with van der Waals surface area (Å²) in [5.41, 5.74) is -1.85. The quantitative estimate of drug-likeness (QED) is 0.818. The zero-order valence-corrected chi connectivity index (χ0v) is 14.0. The number of rotatable bonds is 5. The summed E-state index contributed by atoms with van der Waals surface area (Å²) in [6.45, 7) is 9.46. The lowest BCUT2D eigenvalue weighted by Gasteiger charge is -2.42. The Bertz CT molecular complexity index is 385. The highest BCUT2D eigenvalue weighted by Gasteiger charge is 2.45. The van der Waals surface area contributed by atoms with Gasteiger partial charge in [0.2, 0.25) is 0 Å². The number of carbonyl (C=O) groups excluding carboxylic acids is 1. The lowest BCUT2D eigenvalue weighted by atomic mass is 9.74. The number of nitrogens with one attached hydrogen (secondary N) is 1. The predicted octanol–water partition coefficient (Wildman–Crippen LogP) is 3.24. The first-order chi connectivity index (χ1) is 9.63. The molecule has 0 heterocycles. The van der Waals surface area contributed by atoms with Crippen LogP contribution in [0.2, 0.25) is 0 Å². The molecule has 1 aliphatic rings. The summed E-state index contributed by atoms with van der Waals surface area (Å²) in [5, 5.41) is 12.3. The van der Waals surface area contributed by atoms with Gasteiger partial charge in [0.05, 0.1) is 11.0 Å². The van der Waals surface area contributed by atoms with Crippen LogP contribution in [-0.4, -0.2) is 40.1 Å². The van der Waals surface area contributed by atoms with Crippen LogP contribution >= 0.6 is 0 Å². The SMILES string of the molecule is CCN(C(=O)NC(C)(C)C(C)(C)C(=O)O)C1CCCCC1. The maximum atomic E-state index is 12.6. The van der Waals surface area contributed by atoms with Crippen molar-refractivity contribution in [1.82, 2.24) is 10.2 Å². The zero-order valence-electron chi connectivity index (χ0n) is 14.0. The fourth-order valence-corrected chi connectivity index (χ4v) is 2.72. The van der Waals surface area contributed by atoms with Crippen molar-refractivity contribution in [2.75, 3.05) is 6.54 Å². The van der Waals surface area contributed by atoms with Gasteiger partial charge in [0, 0.05) is 12.6 Å². The van der Waals surface area contributed by atoms with Gasteiger partial charge in [-0.15, -0.1) is 0 Å². The predicted molar refractivity (Wildman–Crippen MR) is 83.3 cm³/mol. The normalized spacial score (nSPS) is 17.4. The van der Waals surface area contributed by atoms with E-state index in [1.807, 2.05) is 11.8 Å². The van der Waals surface area contributed by atoms with E-state index in [0.29, 0.717) is 6.54 Å². The first-order valence-electron chi connectivity index (χ1n) is 7.95. The maximum Gasteiger partial charge on any atom is 0.318 e. The fourth-order valence-electron chi connectivity index (χ4n) is 2.72. The third kappa shape index (κ3) is 3.89. The molecule has 0 unspecified atom stereocenters. The third-order valence-corrected chi connectivity index (χ3v) is 5.13. The van der Waals surface area contributed by atoms with Crippen molar-refractivity contribution in [2.45, 2.75) is 78.3 Å². The van der Waals surface area contributed by atoms with Crippen molar-refractivity contribution in [1.29, 1.82) is 0 Å². The van der Waals surface area contributed by atoms with Crippen molar-refractivity contribution in [3.05, 3.63) is 0 Å². The van der Waals surface area contributed by atoms with E-state index in [0.717, 1.165) is 12.8 Å². The van der Waals surface area contributed by atoms with Gasteiger partial charge in [-0.25, -0.2) is 4.79 Å². The van der Waals surface area contributed by atoms with E-state index in [1.165, 1.54) is 19.3 Å². The second-order valence-corrected chi connectivity index (χ2v) is 7.06. The Hall–Kier alpha value is -1.26. The minimum atomic E-state index is -1.03.